The van der Waals surface area contributed by atoms with Crippen molar-refractivity contribution in [1.29, 1.82) is 0 Å². The van der Waals surface area contributed by atoms with E-state index in [-0.39, 0.29) is 73.2 Å². The number of hydrogen-bond acceptors (Lipinski definition) is 10. The SMILES string of the molecule is C/C1=C/[C@H](C)CCCCC(=O)O[C@H]2/C=C/CC/C=C/C[C@H]3C=C[C@@H](OC(=O)\C=C/C=C\C=C\[C@H]4O[C@@H]5C[C@H]4O[C@@H](/C=C/C[C@H]4O[C@H](C[C@H](O)[C@H]4C)[C@H]2O)[C@@H]5C)[C@H]1O3. The van der Waals surface area contributed by atoms with Crippen molar-refractivity contribution < 1.29 is 48.2 Å². The molecule has 8 aliphatic heterocycles. The molecule has 0 spiro atoms. The van der Waals surface area contributed by atoms with Gasteiger partial charge in [-0.25, -0.2) is 4.79 Å². The first-order valence-corrected chi connectivity index (χ1v) is 21.3. The number of fused-ring (bicyclic) bond motifs is 8. The Morgan fingerprint density at radius 2 is 1.42 bits per heavy atom. The summed E-state index contributed by atoms with van der Waals surface area (Å²) in [5.41, 5.74) is 0.990. The second kappa shape index (κ2) is 21.0. The summed E-state index contributed by atoms with van der Waals surface area (Å²) in [5.74, 6) is -0.648. The van der Waals surface area contributed by atoms with Gasteiger partial charge in [-0.2, -0.15) is 0 Å². The third-order valence-electron chi connectivity index (χ3n) is 12.2. The monoisotopic (exact) mass is 788 g/mol. The number of hydrogen-bond donors (Lipinski definition) is 2. The van der Waals surface area contributed by atoms with E-state index >= 15 is 0 Å². The van der Waals surface area contributed by atoms with Crippen molar-refractivity contribution in [2.75, 3.05) is 0 Å². The van der Waals surface area contributed by atoms with Crippen LogP contribution in [0, 0.1) is 17.8 Å². The summed E-state index contributed by atoms with van der Waals surface area (Å²) in [6.45, 7) is 8.26. The maximum Gasteiger partial charge on any atom is 0.331 e. The topological polar surface area (TPSA) is 130 Å². The van der Waals surface area contributed by atoms with Gasteiger partial charge in [-0.1, -0.05) is 100 Å². The molecule has 2 N–H and O–H groups in total. The Balaban J connectivity index is 1.26. The zero-order chi connectivity index (χ0) is 40.3. The Labute approximate surface area is 339 Å². The van der Waals surface area contributed by atoms with Crippen molar-refractivity contribution in [3.8, 4) is 0 Å². The predicted molar refractivity (Wildman–Crippen MR) is 218 cm³/mol. The van der Waals surface area contributed by atoms with E-state index in [4.69, 9.17) is 28.4 Å². The molecule has 15 atom stereocenters. The maximum atomic E-state index is 13.2. The van der Waals surface area contributed by atoms with E-state index in [1.807, 2.05) is 50.3 Å². The van der Waals surface area contributed by atoms with Crippen LogP contribution in [-0.4, -0.2) is 95.4 Å². The van der Waals surface area contributed by atoms with Gasteiger partial charge in [-0.05, 0) is 69.1 Å². The molecule has 3 fully saturated rings. The van der Waals surface area contributed by atoms with E-state index < -0.39 is 42.6 Å². The fourth-order valence-electron chi connectivity index (χ4n) is 8.68. The van der Waals surface area contributed by atoms with Gasteiger partial charge in [0.2, 0.25) is 0 Å². The molecule has 0 aliphatic carbocycles. The lowest BCUT2D eigenvalue weighted by Gasteiger charge is -2.41. The minimum absolute atomic E-state index is 0.0586. The summed E-state index contributed by atoms with van der Waals surface area (Å²) in [4.78, 5) is 26.2. The van der Waals surface area contributed by atoms with Gasteiger partial charge in [-0.3, -0.25) is 4.79 Å². The Morgan fingerprint density at radius 1 is 0.632 bits per heavy atom. The van der Waals surface area contributed by atoms with Crippen molar-refractivity contribution >= 4 is 11.9 Å². The van der Waals surface area contributed by atoms with E-state index in [1.165, 1.54) is 6.08 Å². The number of rotatable bonds is 0. The second-order valence-corrected chi connectivity index (χ2v) is 16.7. The standard InChI is InChI=1S/C47H64O10/c1-30-17-14-15-24-44(49)56-39-20-12-7-5-6-10-18-34-25-26-40(47(52-34)31(2)27-30)57-45(50)23-13-9-8-11-19-38-42-29-41(55-38)33(4)37(53-42)22-16-21-36-32(3)35(48)28-43(54-36)46(39)51/h6,8-13,16,19-20,22-23,25-27,30,32-43,46-48,51H,5,7,14-15,17-18,21,24,28-29H2,1-4H3/b9-8-,10-6+,19-11+,20-12+,22-16+,23-13-,31-27-/t30-,32-,33+,34+,35+,36-,37+,38-,39+,40-,41-,42-,43-,46+,47+/m1/s1. The molecule has 0 saturated carbocycles. The molecule has 312 valence electrons. The molecular weight excluding hydrogens is 725 g/mol. The molecule has 57 heavy (non-hydrogen) atoms. The molecule has 0 radical (unpaired) electrons. The molecule has 10 heteroatoms. The van der Waals surface area contributed by atoms with Crippen LogP contribution >= 0.6 is 0 Å². The van der Waals surface area contributed by atoms with Crippen LogP contribution in [0.1, 0.15) is 91.9 Å². The Hall–Kier alpha value is -3.38. The lowest BCUT2D eigenvalue weighted by atomic mass is 9.85. The number of aliphatic hydroxyl groups excluding tert-OH is 2. The van der Waals surface area contributed by atoms with Crippen LogP contribution in [0.25, 0.3) is 0 Å². The zero-order valence-electron chi connectivity index (χ0n) is 34.1. The molecule has 8 aliphatic rings. The summed E-state index contributed by atoms with van der Waals surface area (Å²) in [6, 6.07) is 0. The van der Waals surface area contributed by atoms with Gasteiger partial charge in [-0.15, -0.1) is 0 Å². The summed E-state index contributed by atoms with van der Waals surface area (Å²) in [5, 5.41) is 22.8. The Morgan fingerprint density at radius 3 is 2.28 bits per heavy atom. The van der Waals surface area contributed by atoms with Gasteiger partial charge in [0.1, 0.15) is 24.4 Å². The molecule has 0 amide bonds. The molecule has 0 aromatic rings. The van der Waals surface area contributed by atoms with Crippen LogP contribution in [-0.2, 0) is 38.0 Å². The summed E-state index contributed by atoms with van der Waals surface area (Å²) in [7, 11) is 0. The maximum absolute atomic E-state index is 13.2. The van der Waals surface area contributed by atoms with Crippen molar-refractivity contribution in [3.63, 3.8) is 0 Å². The van der Waals surface area contributed by atoms with E-state index in [1.54, 1.807) is 18.2 Å². The average molecular weight is 789 g/mol. The minimum atomic E-state index is -1.15. The first kappa shape index (κ1) is 43.2. The normalized spacial score (nSPS) is 45.6. The molecule has 0 aromatic heterocycles. The number of ether oxygens (including phenoxy) is 6. The molecule has 3 saturated heterocycles. The highest BCUT2D eigenvalue weighted by molar-refractivity contribution is 5.82. The highest BCUT2D eigenvalue weighted by atomic mass is 16.6. The summed E-state index contributed by atoms with van der Waals surface area (Å²) >= 11 is 0. The summed E-state index contributed by atoms with van der Waals surface area (Å²) < 4.78 is 37.8. The molecule has 0 aromatic carbocycles. The number of carbonyl (C=O) groups excluding carboxylic acids is 2. The first-order valence-electron chi connectivity index (χ1n) is 21.3. The van der Waals surface area contributed by atoms with Crippen molar-refractivity contribution in [2.24, 2.45) is 17.8 Å². The van der Waals surface area contributed by atoms with E-state index in [2.05, 4.69) is 44.2 Å². The smallest absolute Gasteiger partial charge is 0.331 e. The Kier molecular flexibility index (Phi) is 16.0. The number of aliphatic hydroxyl groups is 2. The van der Waals surface area contributed by atoms with Crippen molar-refractivity contribution in [2.45, 2.75) is 165 Å². The van der Waals surface area contributed by atoms with Crippen molar-refractivity contribution in [3.05, 3.63) is 96.7 Å². The van der Waals surface area contributed by atoms with Gasteiger partial charge < -0.3 is 38.6 Å². The number of carbonyl (C=O) groups is 2. The summed E-state index contributed by atoms with van der Waals surface area (Å²) in [6.07, 6.45) is 29.6. The van der Waals surface area contributed by atoms with E-state index in [0.29, 0.717) is 25.7 Å². The fourth-order valence-corrected chi connectivity index (χ4v) is 8.68. The van der Waals surface area contributed by atoms with Crippen LogP contribution in [0.3, 0.4) is 0 Å². The number of esters is 2. The fraction of sp³-hybridized carbons (Fsp3) is 0.617. The van der Waals surface area contributed by atoms with Gasteiger partial charge in [0.25, 0.3) is 0 Å². The quantitative estimate of drug-likeness (QED) is 0.191. The predicted octanol–water partition coefficient (Wildman–Crippen LogP) is 7.28. The van der Waals surface area contributed by atoms with Crippen LogP contribution in [0.2, 0.25) is 0 Å². The molecular formula is C47H64O10. The van der Waals surface area contributed by atoms with Gasteiger partial charge >= 0.3 is 11.9 Å². The lowest BCUT2D eigenvalue weighted by Crippen LogP contribution is -2.50. The Bertz CT molecular complexity index is 1590. The average Bonchev–Trinajstić information content (AvgIpc) is 3.53. The molecule has 8 rings (SSSR count). The molecule has 9 bridgehead atoms. The van der Waals surface area contributed by atoms with Crippen molar-refractivity contribution in [1.82, 2.24) is 0 Å². The van der Waals surface area contributed by atoms with Crippen LogP contribution < -0.4 is 0 Å². The third-order valence-corrected chi connectivity index (χ3v) is 12.2. The van der Waals surface area contributed by atoms with Crippen LogP contribution in [0.5, 0.6) is 0 Å². The van der Waals surface area contributed by atoms with E-state index in [0.717, 1.165) is 31.3 Å². The molecule has 8 heterocycles. The van der Waals surface area contributed by atoms with Gasteiger partial charge in [0.15, 0.2) is 6.10 Å². The highest BCUT2D eigenvalue weighted by Gasteiger charge is 2.46. The largest absolute Gasteiger partial charge is 0.455 e. The molecule has 10 nitrogen and oxygen atoms in total. The first-order chi connectivity index (χ1) is 27.5. The lowest BCUT2D eigenvalue weighted by molar-refractivity contribution is -0.185. The highest BCUT2D eigenvalue weighted by Crippen LogP contribution is 2.38. The van der Waals surface area contributed by atoms with Crippen LogP contribution in [0.4, 0.5) is 0 Å². The van der Waals surface area contributed by atoms with Crippen LogP contribution in [0.15, 0.2) is 96.7 Å². The van der Waals surface area contributed by atoms with Gasteiger partial charge in [0, 0.05) is 37.2 Å². The number of allylic oxidation sites excluding steroid dienone is 7. The molecule has 0 unspecified atom stereocenters. The van der Waals surface area contributed by atoms with Gasteiger partial charge in [0.05, 0.1) is 42.7 Å². The van der Waals surface area contributed by atoms with E-state index in [9.17, 15) is 19.8 Å². The second-order valence-electron chi connectivity index (χ2n) is 16.7. The third kappa shape index (κ3) is 12.1. The zero-order valence-corrected chi connectivity index (χ0v) is 34.1. The minimum Gasteiger partial charge on any atom is -0.455 e.